The van der Waals surface area contributed by atoms with E-state index in [1.807, 2.05) is 43.3 Å². The van der Waals surface area contributed by atoms with Crippen LogP contribution in [0.25, 0.3) is 11.1 Å². The van der Waals surface area contributed by atoms with E-state index in [1.165, 1.54) is 0 Å². The van der Waals surface area contributed by atoms with Crippen LogP contribution in [0.5, 0.6) is 0 Å². The number of nitrogens with two attached hydrogens (primary N) is 1. The van der Waals surface area contributed by atoms with Crippen LogP contribution in [-0.4, -0.2) is 52.7 Å². The van der Waals surface area contributed by atoms with Crippen LogP contribution in [0, 0.1) is 5.92 Å². The van der Waals surface area contributed by atoms with Crippen molar-refractivity contribution >= 4 is 18.3 Å². The number of rotatable bonds is 5. The van der Waals surface area contributed by atoms with Gasteiger partial charge in [0.25, 0.3) is 5.91 Å². The van der Waals surface area contributed by atoms with E-state index < -0.39 is 5.54 Å². The lowest BCUT2D eigenvalue weighted by Gasteiger charge is -2.32. The van der Waals surface area contributed by atoms with Gasteiger partial charge in [-0.2, -0.15) is 0 Å². The van der Waals surface area contributed by atoms with Crippen LogP contribution in [0.15, 0.2) is 53.8 Å². The van der Waals surface area contributed by atoms with Crippen molar-refractivity contribution in [3.63, 3.8) is 0 Å². The molecule has 1 atom stereocenters. The van der Waals surface area contributed by atoms with Crippen molar-refractivity contribution in [1.29, 1.82) is 0 Å². The maximum Gasteiger partial charge on any atom is 0.261 e. The van der Waals surface area contributed by atoms with E-state index >= 15 is 0 Å². The summed E-state index contributed by atoms with van der Waals surface area (Å²) in [4.78, 5) is 36.4. The minimum absolute atomic E-state index is 0.101. The summed E-state index contributed by atoms with van der Waals surface area (Å²) in [5.41, 5.74) is 7.92. The van der Waals surface area contributed by atoms with Crippen LogP contribution in [0.3, 0.4) is 0 Å². The van der Waals surface area contributed by atoms with Crippen molar-refractivity contribution in [3.05, 3.63) is 54.4 Å². The van der Waals surface area contributed by atoms with E-state index in [2.05, 4.69) is 9.98 Å². The minimum Gasteiger partial charge on any atom is -0.369 e. The number of hydrogen-bond donors (Lipinski definition) is 1. The number of amides is 2. The third kappa shape index (κ3) is 3.60. The quantitative estimate of drug-likeness (QED) is 0.789. The number of carbonyl (C=O) groups is 2. The second kappa shape index (κ2) is 7.66. The summed E-state index contributed by atoms with van der Waals surface area (Å²) in [6.07, 6.45) is 6.15. The first-order valence-corrected chi connectivity index (χ1v) is 9.89. The molecule has 150 valence electrons. The zero-order chi connectivity index (χ0) is 20.4. The average molecular weight is 391 g/mol. The lowest BCUT2D eigenvalue weighted by molar-refractivity contribution is -0.131. The summed E-state index contributed by atoms with van der Waals surface area (Å²) < 4.78 is 0. The summed E-state index contributed by atoms with van der Waals surface area (Å²) in [6, 6.07) is 11.7. The smallest absolute Gasteiger partial charge is 0.261 e. The molecule has 1 unspecified atom stereocenters. The number of benzene rings is 1. The van der Waals surface area contributed by atoms with E-state index in [0.717, 1.165) is 49.0 Å². The molecule has 1 aromatic carbocycles. The third-order valence-electron chi connectivity index (χ3n) is 5.93. The van der Waals surface area contributed by atoms with Gasteiger partial charge in [-0.1, -0.05) is 24.3 Å². The van der Waals surface area contributed by atoms with Crippen molar-refractivity contribution in [1.82, 2.24) is 14.8 Å². The second-order valence-electron chi connectivity index (χ2n) is 7.87. The van der Waals surface area contributed by atoms with Crippen LogP contribution in [0.2, 0.25) is 0 Å². The lowest BCUT2D eigenvalue weighted by atomic mass is 9.89. The highest BCUT2D eigenvalue weighted by molar-refractivity contribution is 6.07. The molecule has 0 spiro atoms. The molecule has 1 saturated heterocycles. The van der Waals surface area contributed by atoms with E-state index in [0.29, 0.717) is 12.5 Å². The fourth-order valence-electron chi connectivity index (χ4n) is 4.10. The van der Waals surface area contributed by atoms with Gasteiger partial charge >= 0.3 is 0 Å². The van der Waals surface area contributed by atoms with Crippen LogP contribution in [0.4, 0.5) is 0 Å². The molecule has 7 nitrogen and oxygen atoms in total. The Hall–Kier alpha value is -3.22. The maximum absolute atomic E-state index is 13.3. The molecule has 1 aromatic heterocycles. The van der Waals surface area contributed by atoms with E-state index in [1.54, 1.807) is 22.2 Å². The monoisotopic (exact) mass is 391 g/mol. The van der Waals surface area contributed by atoms with Gasteiger partial charge in [-0.15, -0.1) is 0 Å². The Kier molecular flexibility index (Phi) is 5.05. The number of carbonyl (C=O) groups excluding carboxylic acids is 2. The van der Waals surface area contributed by atoms with Gasteiger partial charge in [0.15, 0.2) is 11.5 Å². The Bertz CT molecular complexity index is 937. The van der Waals surface area contributed by atoms with Gasteiger partial charge in [0.2, 0.25) is 6.41 Å². The first-order valence-electron chi connectivity index (χ1n) is 9.89. The predicted octanol–water partition coefficient (Wildman–Crippen LogP) is 1.99. The van der Waals surface area contributed by atoms with Crippen molar-refractivity contribution in [2.75, 3.05) is 19.6 Å². The summed E-state index contributed by atoms with van der Waals surface area (Å²) in [6.45, 7) is 3.80. The van der Waals surface area contributed by atoms with Gasteiger partial charge in [-0.05, 0) is 54.5 Å². The number of aromatic nitrogens is 1. The molecule has 7 heteroatoms. The number of nitrogens with zero attached hydrogens (tertiary/aromatic N) is 4. The molecule has 4 rings (SSSR count). The highest BCUT2D eigenvalue weighted by Crippen LogP contribution is 2.35. The molecule has 0 saturated carbocycles. The van der Waals surface area contributed by atoms with Gasteiger partial charge < -0.3 is 10.6 Å². The number of pyridine rings is 1. The van der Waals surface area contributed by atoms with Gasteiger partial charge in [-0.25, -0.2) is 4.99 Å². The highest BCUT2D eigenvalue weighted by Gasteiger charge is 2.46. The van der Waals surface area contributed by atoms with Gasteiger partial charge in [0.1, 0.15) is 0 Å². The summed E-state index contributed by atoms with van der Waals surface area (Å²) in [5, 5.41) is 0. The van der Waals surface area contributed by atoms with E-state index in [-0.39, 0.29) is 11.9 Å². The Balaban J connectivity index is 1.55. The number of hydrogen-bond acceptors (Lipinski definition) is 5. The minimum atomic E-state index is -1.04. The molecule has 2 aliphatic rings. The fourth-order valence-corrected chi connectivity index (χ4v) is 4.10. The summed E-state index contributed by atoms with van der Waals surface area (Å²) in [5.74, 6) is 0.478. The molecule has 2 aromatic rings. The maximum atomic E-state index is 13.3. The summed E-state index contributed by atoms with van der Waals surface area (Å²) >= 11 is 0. The lowest BCUT2D eigenvalue weighted by Crippen LogP contribution is -2.46. The molecule has 1 fully saturated rings. The molecular formula is C22H25N5O2. The molecule has 2 N–H and O–H groups in total. The van der Waals surface area contributed by atoms with Gasteiger partial charge in [0.05, 0.1) is 0 Å². The normalized spacial score (nSPS) is 22.7. The van der Waals surface area contributed by atoms with Crippen LogP contribution in [-0.2, 0) is 15.1 Å². The van der Waals surface area contributed by atoms with E-state index in [9.17, 15) is 9.59 Å². The van der Waals surface area contributed by atoms with Crippen molar-refractivity contribution in [2.24, 2.45) is 16.6 Å². The zero-order valence-corrected chi connectivity index (χ0v) is 16.5. The largest absolute Gasteiger partial charge is 0.369 e. The molecule has 0 aliphatic carbocycles. The average Bonchev–Trinajstić information content (AvgIpc) is 2.99. The topological polar surface area (TPSA) is 91.9 Å². The predicted molar refractivity (Wildman–Crippen MR) is 111 cm³/mol. The standard InChI is InChI=1S/C22H25N5O2/c1-22(19-6-2-4-17(12-19)18-5-3-9-24-13-18)20(29)27(21(23)25-22)14-16-7-10-26(15-28)11-8-16/h2-6,9,12-13,15-16H,7-8,10-11,14H2,1H3,(H2,23,25). The SMILES string of the molecule is CC1(c2cccc(-c3cccnc3)c2)N=C(N)N(CC2CCN(C=O)CC2)C1=O. The first kappa shape index (κ1) is 19.1. The second-order valence-corrected chi connectivity index (χ2v) is 7.87. The summed E-state index contributed by atoms with van der Waals surface area (Å²) in [7, 11) is 0. The van der Waals surface area contributed by atoms with Gasteiger partial charge in [-0.3, -0.25) is 19.5 Å². The van der Waals surface area contributed by atoms with Crippen molar-refractivity contribution in [3.8, 4) is 11.1 Å². The number of likely N-dealkylation sites (tertiary alicyclic amines) is 1. The Labute approximate surface area is 170 Å². The molecule has 3 heterocycles. The zero-order valence-electron chi connectivity index (χ0n) is 16.5. The fraction of sp³-hybridized carbons (Fsp3) is 0.364. The molecule has 0 bridgehead atoms. The molecular weight excluding hydrogens is 366 g/mol. The Morgan fingerprint density at radius 3 is 2.66 bits per heavy atom. The molecule has 0 radical (unpaired) electrons. The Morgan fingerprint density at radius 2 is 1.97 bits per heavy atom. The van der Waals surface area contributed by atoms with Crippen molar-refractivity contribution in [2.45, 2.75) is 25.3 Å². The van der Waals surface area contributed by atoms with Crippen LogP contribution < -0.4 is 5.73 Å². The van der Waals surface area contributed by atoms with Crippen LogP contribution >= 0.6 is 0 Å². The first-order chi connectivity index (χ1) is 14.0. The van der Waals surface area contributed by atoms with Gasteiger partial charge in [0, 0.05) is 32.0 Å². The van der Waals surface area contributed by atoms with Crippen LogP contribution in [0.1, 0.15) is 25.3 Å². The number of piperidine rings is 1. The molecule has 2 aliphatic heterocycles. The number of guanidine groups is 1. The van der Waals surface area contributed by atoms with E-state index in [4.69, 9.17) is 5.73 Å². The Morgan fingerprint density at radius 1 is 1.21 bits per heavy atom. The van der Waals surface area contributed by atoms with Crippen molar-refractivity contribution < 1.29 is 9.59 Å². The number of aliphatic imine (C=N–C) groups is 1. The molecule has 29 heavy (non-hydrogen) atoms. The third-order valence-corrected chi connectivity index (χ3v) is 5.93. The highest BCUT2D eigenvalue weighted by atomic mass is 16.2. The molecule has 2 amide bonds.